The van der Waals surface area contributed by atoms with Crippen LogP contribution in [-0.4, -0.2) is 20.8 Å². The van der Waals surface area contributed by atoms with Crippen molar-refractivity contribution in [1.82, 2.24) is 14.9 Å². The van der Waals surface area contributed by atoms with E-state index in [4.69, 9.17) is 0 Å². The monoisotopic (exact) mass is 297 g/mol. The SMILES string of the molecule is CC(C)Cc1ncc2c(n1)CN(C(=O)[C@@H]1C[C@H]3C=C[C@@H]1C3)C2. The lowest BCUT2D eigenvalue weighted by Crippen LogP contribution is -2.34. The molecule has 0 unspecified atom stereocenters. The van der Waals surface area contributed by atoms with E-state index in [1.165, 1.54) is 6.42 Å². The van der Waals surface area contributed by atoms with Crippen LogP contribution in [0.25, 0.3) is 0 Å². The quantitative estimate of drug-likeness (QED) is 0.806. The number of carbonyl (C=O) groups excluding carboxylic acids is 1. The average molecular weight is 297 g/mol. The van der Waals surface area contributed by atoms with E-state index in [0.29, 0.717) is 36.8 Å². The van der Waals surface area contributed by atoms with Crippen LogP contribution in [0.15, 0.2) is 18.3 Å². The third-order valence-corrected chi connectivity index (χ3v) is 5.20. The number of hydrogen-bond acceptors (Lipinski definition) is 3. The van der Waals surface area contributed by atoms with Gasteiger partial charge in [0.25, 0.3) is 0 Å². The molecule has 3 aliphatic rings. The summed E-state index contributed by atoms with van der Waals surface area (Å²) in [7, 11) is 0. The highest BCUT2D eigenvalue weighted by molar-refractivity contribution is 5.80. The lowest BCUT2D eigenvalue weighted by atomic mass is 9.92. The highest BCUT2D eigenvalue weighted by Gasteiger charge is 2.42. The molecule has 2 aliphatic carbocycles. The molecule has 0 aromatic carbocycles. The number of hydrogen-bond donors (Lipinski definition) is 0. The molecule has 0 saturated heterocycles. The zero-order valence-electron chi connectivity index (χ0n) is 13.3. The molecule has 116 valence electrons. The number of carbonyl (C=O) groups is 1. The first kappa shape index (κ1) is 13.9. The topological polar surface area (TPSA) is 46.1 Å². The maximum atomic E-state index is 12.8. The van der Waals surface area contributed by atoms with Crippen molar-refractivity contribution in [2.75, 3.05) is 0 Å². The van der Waals surface area contributed by atoms with Crippen LogP contribution in [0, 0.1) is 23.7 Å². The van der Waals surface area contributed by atoms with Crippen molar-refractivity contribution >= 4 is 5.91 Å². The Morgan fingerprint density at radius 2 is 2.18 bits per heavy atom. The van der Waals surface area contributed by atoms with Gasteiger partial charge in [0.05, 0.1) is 12.2 Å². The molecule has 3 atom stereocenters. The summed E-state index contributed by atoms with van der Waals surface area (Å²) in [6.07, 6.45) is 9.58. The molecule has 22 heavy (non-hydrogen) atoms. The molecule has 4 nitrogen and oxygen atoms in total. The van der Waals surface area contributed by atoms with Crippen molar-refractivity contribution in [2.45, 2.75) is 46.2 Å². The van der Waals surface area contributed by atoms with E-state index in [9.17, 15) is 4.79 Å². The number of nitrogens with zero attached hydrogens (tertiary/aromatic N) is 3. The zero-order chi connectivity index (χ0) is 15.3. The van der Waals surface area contributed by atoms with Gasteiger partial charge in [-0.05, 0) is 30.6 Å². The van der Waals surface area contributed by atoms with Crippen molar-refractivity contribution in [1.29, 1.82) is 0 Å². The summed E-state index contributed by atoms with van der Waals surface area (Å²) in [5.41, 5.74) is 2.18. The predicted octanol–water partition coefficient (Wildman–Crippen LogP) is 2.73. The summed E-state index contributed by atoms with van der Waals surface area (Å²) in [4.78, 5) is 23.9. The Morgan fingerprint density at radius 3 is 2.86 bits per heavy atom. The van der Waals surface area contributed by atoms with Crippen LogP contribution < -0.4 is 0 Å². The zero-order valence-corrected chi connectivity index (χ0v) is 13.3. The first-order valence-electron chi connectivity index (χ1n) is 8.41. The fourth-order valence-electron chi connectivity index (χ4n) is 4.11. The minimum Gasteiger partial charge on any atom is -0.332 e. The third kappa shape index (κ3) is 2.34. The minimum atomic E-state index is 0.201. The summed E-state index contributed by atoms with van der Waals surface area (Å²) in [6, 6.07) is 0. The van der Waals surface area contributed by atoms with E-state index in [-0.39, 0.29) is 5.92 Å². The molecule has 0 radical (unpaired) electrons. The molecule has 1 aromatic heterocycles. The van der Waals surface area contributed by atoms with Gasteiger partial charge in [0.15, 0.2) is 0 Å². The summed E-state index contributed by atoms with van der Waals surface area (Å²) >= 11 is 0. The second-order valence-electron chi connectivity index (χ2n) is 7.44. The molecule has 1 aliphatic heterocycles. The fourth-order valence-corrected chi connectivity index (χ4v) is 4.11. The standard InChI is InChI=1S/C18H23N3O/c1-11(2)5-17-19-8-14-9-21(10-16(14)20-17)18(22)15-7-12-3-4-13(15)6-12/h3-4,8,11-13,15H,5-7,9-10H2,1-2H3/t12-,13+,15+/m0/s1. The first-order chi connectivity index (χ1) is 10.6. The van der Waals surface area contributed by atoms with E-state index in [0.717, 1.165) is 29.9 Å². The highest BCUT2D eigenvalue weighted by Crippen LogP contribution is 2.44. The van der Waals surface area contributed by atoms with Crippen LogP contribution in [-0.2, 0) is 24.3 Å². The average Bonchev–Trinajstić information content (AvgIpc) is 3.19. The number of aromatic nitrogens is 2. The highest BCUT2D eigenvalue weighted by atomic mass is 16.2. The van der Waals surface area contributed by atoms with Crippen LogP contribution >= 0.6 is 0 Å². The summed E-state index contributed by atoms with van der Waals surface area (Å²) in [5.74, 6) is 3.10. The maximum Gasteiger partial charge on any atom is 0.226 e. The molecule has 2 bridgehead atoms. The molecule has 1 aromatic rings. The van der Waals surface area contributed by atoms with Crippen molar-refractivity contribution in [2.24, 2.45) is 23.7 Å². The minimum absolute atomic E-state index is 0.201. The number of amides is 1. The van der Waals surface area contributed by atoms with Crippen molar-refractivity contribution in [3.8, 4) is 0 Å². The normalized spacial score (nSPS) is 28.7. The smallest absolute Gasteiger partial charge is 0.226 e. The Bertz CT molecular complexity index is 637. The van der Waals surface area contributed by atoms with Crippen LogP contribution in [0.1, 0.15) is 43.8 Å². The van der Waals surface area contributed by atoms with Gasteiger partial charge >= 0.3 is 0 Å². The second-order valence-corrected chi connectivity index (χ2v) is 7.44. The van der Waals surface area contributed by atoms with Gasteiger partial charge in [-0.2, -0.15) is 0 Å². The van der Waals surface area contributed by atoms with E-state index >= 15 is 0 Å². The number of allylic oxidation sites excluding steroid dienone is 2. The van der Waals surface area contributed by atoms with Crippen LogP contribution in [0.5, 0.6) is 0 Å². The Labute approximate surface area is 131 Å². The van der Waals surface area contributed by atoms with Crippen molar-refractivity contribution in [3.63, 3.8) is 0 Å². The van der Waals surface area contributed by atoms with Gasteiger partial charge in [-0.15, -0.1) is 0 Å². The van der Waals surface area contributed by atoms with E-state index in [1.807, 2.05) is 11.1 Å². The largest absolute Gasteiger partial charge is 0.332 e. The lowest BCUT2D eigenvalue weighted by molar-refractivity contribution is -0.137. The Balaban J connectivity index is 1.47. The molecule has 0 spiro atoms. The molecule has 4 rings (SSSR count). The summed E-state index contributed by atoms with van der Waals surface area (Å²) in [5, 5.41) is 0. The van der Waals surface area contributed by atoms with Gasteiger partial charge in [0.1, 0.15) is 5.82 Å². The van der Waals surface area contributed by atoms with Crippen molar-refractivity contribution < 1.29 is 4.79 Å². The molecule has 0 N–H and O–H groups in total. The Hall–Kier alpha value is -1.71. The molecular formula is C18H23N3O. The molecule has 4 heteroatoms. The maximum absolute atomic E-state index is 12.8. The Kier molecular flexibility index (Phi) is 3.28. The molecule has 2 heterocycles. The van der Waals surface area contributed by atoms with Gasteiger partial charge in [-0.25, -0.2) is 9.97 Å². The van der Waals surface area contributed by atoms with Crippen LogP contribution in [0.2, 0.25) is 0 Å². The first-order valence-corrected chi connectivity index (χ1v) is 8.41. The predicted molar refractivity (Wildman–Crippen MR) is 83.7 cm³/mol. The van der Waals surface area contributed by atoms with Gasteiger partial charge in [-0.3, -0.25) is 4.79 Å². The molecule has 1 amide bonds. The van der Waals surface area contributed by atoms with E-state index in [1.54, 1.807) is 0 Å². The van der Waals surface area contributed by atoms with Crippen molar-refractivity contribution in [3.05, 3.63) is 35.4 Å². The van der Waals surface area contributed by atoms with Gasteiger partial charge in [0, 0.05) is 30.6 Å². The van der Waals surface area contributed by atoms with Gasteiger partial charge < -0.3 is 4.90 Å². The van der Waals surface area contributed by atoms with Crippen LogP contribution in [0.3, 0.4) is 0 Å². The van der Waals surface area contributed by atoms with E-state index in [2.05, 4.69) is 36.0 Å². The summed E-state index contributed by atoms with van der Waals surface area (Å²) in [6.45, 7) is 5.71. The fraction of sp³-hybridized carbons (Fsp3) is 0.611. The van der Waals surface area contributed by atoms with E-state index < -0.39 is 0 Å². The van der Waals surface area contributed by atoms with Gasteiger partial charge in [-0.1, -0.05) is 26.0 Å². The molecule has 1 saturated carbocycles. The third-order valence-electron chi connectivity index (χ3n) is 5.20. The van der Waals surface area contributed by atoms with Gasteiger partial charge in [0.2, 0.25) is 5.91 Å². The molecule has 1 fully saturated rings. The van der Waals surface area contributed by atoms with Crippen LogP contribution in [0.4, 0.5) is 0 Å². The Morgan fingerprint density at radius 1 is 1.32 bits per heavy atom. The summed E-state index contributed by atoms with van der Waals surface area (Å²) < 4.78 is 0. The second kappa shape index (κ2) is 5.18. The molecular weight excluding hydrogens is 274 g/mol. The number of fused-ring (bicyclic) bond motifs is 3. The number of rotatable bonds is 3. The lowest BCUT2D eigenvalue weighted by Gasteiger charge is -2.23.